The van der Waals surface area contributed by atoms with Gasteiger partial charge in [0, 0.05) is 44.8 Å². The summed E-state index contributed by atoms with van der Waals surface area (Å²) in [6.45, 7) is 7.21. The standard InChI is InChI=1S/C47H77F6NO5S2/c1-6-24-45(46(48,49)50,47(51,52)53)59-29-15-28-58-43-22-21-42-41-19-17-37-33-38(18-20-39(37)40(41)23-25-44(42,43)2)57-30-27-54(3)26-12-8-10-14-32-61-60-31-13-9-7-11-16-36(34-55-4)35-56-5/h18,20,33,36,40-43H,6-17,19,21-32,34-35H2,1-5H3. The maximum Gasteiger partial charge on any atom is 0.426 e. The van der Waals surface area contributed by atoms with Crippen LogP contribution in [0.5, 0.6) is 5.75 Å². The normalized spacial score (nSPS) is 23.1. The summed E-state index contributed by atoms with van der Waals surface area (Å²) in [5, 5.41) is 0. The fourth-order valence-electron chi connectivity index (χ4n) is 10.5. The summed E-state index contributed by atoms with van der Waals surface area (Å²) in [5.41, 5.74) is -1.38. The minimum absolute atomic E-state index is 0.0244. The Kier molecular flexibility index (Phi) is 22.7. The first-order chi connectivity index (χ1) is 29.2. The fourth-order valence-corrected chi connectivity index (χ4v) is 12.8. The van der Waals surface area contributed by atoms with E-state index >= 15 is 0 Å². The summed E-state index contributed by atoms with van der Waals surface area (Å²) >= 11 is 0. The molecule has 3 aliphatic rings. The van der Waals surface area contributed by atoms with Gasteiger partial charge in [-0.05, 0) is 137 Å². The van der Waals surface area contributed by atoms with E-state index in [4.69, 9.17) is 18.9 Å². The van der Waals surface area contributed by atoms with Crippen molar-refractivity contribution < 1.29 is 50.0 Å². The maximum absolute atomic E-state index is 13.6. The molecule has 0 aromatic heterocycles. The van der Waals surface area contributed by atoms with Crippen molar-refractivity contribution in [3.8, 4) is 5.75 Å². The molecule has 0 N–H and O–H groups in total. The number of halogens is 6. The van der Waals surface area contributed by atoms with Crippen LogP contribution in [0.4, 0.5) is 26.3 Å². The first-order valence-electron chi connectivity index (χ1n) is 23.3. The van der Waals surface area contributed by atoms with Crippen LogP contribution in [-0.4, -0.2) is 108 Å². The van der Waals surface area contributed by atoms with Gasteiger partial charge in [0.05, 0.1) is 25.9 Å². The fraction of sp³-hybridized carbons (Fsp3) is 0.872. The van der Waals surface area contributed by atoms with Crippen LogP contribution in [0.3, 0.4) is 0 Å². The lowest BCUT2D eigenvalue weighted by Gasteiger charge is -2.50. The van der Waals surface area contributed by atoms with E-state index in [0.717, 1.165) is 70.6 Å². The number of rotatable bonds is 31. The molecule has 0 heterocycles. The number of likely N-dealkylation sites (N-methyl/N-ethyl adjacent to an activating group) is 1. The largest absolute Gasteiger partial charge is 0.492 e. The van der Waals surface area contributed by atoms with Crippen molar-refractivity contribution in [1.29, 1.82) is 0 Å². The highest BCUT2D eigenvalue weighted by Crippen LogP contribution is 2.61. The topological polar surface area (TPSA) is 49.4 Å². The average Bonchev–Trinajstić information content (AvgIpc) is 3.55. The highest BCUT2D eigenvalue weighted by Gasteiger charge is 2.71. The van der Waals surface area contributed by atoms with E-state index in [2.05, 4.69) is 41.8 Å². The lowest BCUT2D eigenvalue weighted by molar-refractivity contribution is -0.383. The number of aryl methyl sites for hydroxylation is 1. The third kappa shape index (κ3) is 15.3. The Hall–Kier alpha value is -0.900. The van der Waals surface area contributed by atoms with Crippen LogP contribution in [0, 0.1) is 23.2 Å². The molecule has 2 fully saturated rings. The Morgan fingerprint density at radius 3 is 2.11 bits per heavy atom. The van der Waals surface area contributed by atoms with Crippen molar-refractivity contribution in [3.63, 3.8) is 0 Å². The summed E-state index contributed by atoms with van der Waals surface area (Å²) in [4.78, 5) is 2.37. The highest BCUT2D eigenvalue weighted by molar-refractivity contribution is 8.76. The van der Waals surface area contributed by atoms with Crippen molar-refractivity contribution in [1.82, 2.24) is 4.90 Å². The molecule has 354 valence electrons. The van der Waals surface area contributed by atoms with Gasteiger partial charge in [0.1, 0.15) is 12.4 Å². The minimum Gasteiger partial charge on any atom is -0.492 e. The van der Waals surface area contributed by atoms with Crippen LogP contribution in [0.2, 0.25) is 0 Å². The second-order valence-electron chi connectivity index (χ2n) is 18.2. The van der Waals surface area contributed by atoms with Gasteiger partial charge in [-0.2, -0.15) is 26.3 Å². The van der Waals surface area contributed by atoms with Gasteiger partial charge in [0.25, 0.3) is 5.60 Å². The summed E-state index contributed by atoms with van der Waals surface area (Å²) < 4.78 is 109. The van der Waals surface area contributed by atoms with Gasteiger partial charge in [0.2, 0.25) is 0 Å². The average molecular weight is 914 g/mol. The highest BCUT2D eigenvalue weighted by atomic mass is 33.1. The third-order valence-electron chi connectivity index (χ3n) is 13.8. The molecule has 5 atom stereocenters. The van der Waals surface area contributed by atoms with Crippen LogP contribution in [0.25, 0.3) is 0 Å². The van der Waals surface area contributed by atoms with Gasteiger partial charge >= 0.3 is 12.4 Å². The molecule has 1 aromatic carbocycles. The Bertz CT molecular complexity index is 1350. The van der Waals surface area contributed by atoms with Crippen molar-refractivity contribution >= 4 is 21.6 Å². The van der Waals surface area contributed by atoms with Crippen LogP contribution < -0.4 is 4.74 Å². The number of methoxy groups -OCH3 is 2. The summed E-state index contributed by atoms with van der Waals surface area (Å²) in [7, 11) is 9.78. The molecule has 0 saturated heterocycles. The van der Waals surface area contributed by atoms with E-state index in [-0.39, 0.29) is 31.0 Å². The van der Waals surface area contributed by atoms with E-state index in [1.165, 1.54) is 87.3 Å². The van der Waals surface area contributed by atoms with Crippen LogP contribution >= 0.6 is 21.6 Å². The number of alkyl halides is 6. The van der Waals surface area contributed by atoms with Gasteiger partial charge in [0.15, 0.2) is 0 Å². The molecule has 5 unspecified atom stereocenters. The maximum atomic E-state index is 13.6. The molecule has 61 heavy (non-hydrogen) atoms. The van der Waals surface area contributed by atoms with E-state index in [1.54, 1.807) is 14.2 Å². The van der Waals surface area contributed by atoms with Gasteiger partial charge in [-0.1, -0.05) is 80.0 Å². The number of nitrogens with zero attached hydrogens (tertiary/aromatic N) is 1. The predicted molar refractivity (Wildman–Crippen MR) is 238 cm³/mol. The third-order valence-corrected chi connectivity index (χ3v) is 16.4. The molecule has 0 aliphatic heterocycles. The van der Waals surface area contributed by atoms with E-state index in [9.17, 15) is 26.3 Å². The lowest BCUT2D eigenvalue weighted by Crippen LogP contribution is -2.58. The molecular weight excluding hydrogens is 837 g/mol. The van der Waals surface area contributed by atoms with Crippen molar-refractivity contribution in [2.45, 2.75) is 159 Å². The molecule has 14 heteroatoms. The van der Waals surface area contributed by atoms with Gasteiger partial charge in [-0.15, -0.1) is 0 Å². The number of fused-ring (bicyclic) bond motifs is 5. The first kappa shape index (κ1) is 52.7. The molecule has 1 aromatic rings. The zero-order valence-corrected chi connectivity index (χ0v) is 39.4. The zero-order chi connectivity index (χ0) is 44.4. The number of hydrogen-bond donors (Lipinski definition) is 0. The Morgan fingerprint density at radius 2 is 1.46 bits per heavy atom. The molecule has 0 amide bonds. The molecule has 6 nitrogen and oxygen atoms in total. The Morgan fingerprint density at radius 1 is 0.787 bits per heavy atom. The number of hydrogen-bond acceptors (Lipinski definition) is 8. The molecule has 0 spiro atoms. The second kappa shape index (κ2) is 26.3. The first-order valence-corrected chi connectivity index (χ1v) is 25.7. The quantitative estimate of drug-likeness (QED) is 0.0415. The molecule has 0 radical (unpaired) electrons. The number of ether oxygens (including phenoxy) is 5. The van der Waals surface area contributed by atoms with E-state index in [0.29, 0.717) is 30.3 Å². The Labute approximate surface area is 371 Å². The molecule has 0 bridgehead atoms. The monoisotopic (exact) mass is 914 g/mol. The second-order valence-corrected chi connectivity index (χ2v) is 20.9. The van der Waals surface area contributed by atoms with Crippen LogP contribution in [0.15, 0.2) is 18.2 Å². The van der Waals surface area contributed by atoms with Crippen molar-refractivity contribution in [2.75, 3.05) is 78.9 Å². The number of benzene rings is 1. The smallest absolute Gasteiger partial charge is 0.426 e. The summed E-state index contributed by atoms with van der Waals surface area (Å²) in [5.74, 6) is 5.43. The van der Waals surface area contributed by atoms with Crippen LogP contribution in [0.1, 0.15) is 140 Å². The van der Waals surface area contributed by atoms with Crippen molar-refractivity contribution in [3.05, 3.63) is 29.3 Å². The summed E-state index contributed by atoms with van der Waals surface area (Å²) in [6, 6.07) is 6.65. The number of unbranched alkanes of at least 4 members (excludes halogenated alkanes) is 6. The molecule has 2 saturated carbocycles. The van der Waals surface area contributed by atoms with E-state index in [1.807, 2.05) is 21.6 Å². The predicted octanol–water partition coefficient (Wildman–Crippen LogP) is 13.1. The van der Waals surface area contributed by atoms with Gasteiger partial charge in [-0.25, -0.2) is 0 Å². The molecule has 4 rings (SSSR count). The Balaban J connectivity index is 1.06. The SMILES string of the molecule is CCCC(OCCCOC1CCC2C3CCc4cc(OCCN(C)CCCCCCSSCCCCCCC(COC)COC)ccc4C3CCC12C)(C(F)(F)F)C(F)(F)F. The lowest BCUT2D eigenvalue weighted by atomic mass is 9.55. The summed E-state index contributed by atoms with van der Waals surface area (Å²) in [6.07, 6.45) is 4.80. The zero-order valence-electron chi connectivity index (χ0n) is 37.8. The minimum atomic E-state index is -5.54. The van der Waals surface area contributed by atoms with Crippen molar-refractivity contribution in [2.24, 2.45) is 23.2 Å². The van der Waals surface area contributed by atoms with E-state index < -0.39 is 31.0 Å². The molecule has 3 aliphatic carbocycles. The van der Waals surface area contributed by atoms with Crippen LogP contribution in [-0.2, 0) is 25.4 Å². The van der Waals surface area contributed by atoms with Gasteiger partial charge in [-0.3, -0.25) is 0 Å². The molecular formula is C47H77F6NO5S2. The van der Waals surface area contributed by atoms with Gasteiger partial charge < -0.3 is 28.6 Å².